The molecule has 2 saturated heterocycles. The number of carbonyl (C=O) groups is 1. The average molecular weight is 254 g/mol. The number of aliphatic hydroxyl groups is 1. The predicted molar refractivity (Wildman–Crippen MR) is 71.2 cm³/mol. The Labute approximate surface area is 110 Å². The molecule has 0 radical (unpaired) electrons. The molecule has 0 aromatic rings. The monoisotopic (exact) mass is 254 g/mol. The first kappa shape index (κ1) is 13.8. The van der Waals surface area contributed by atoms with Crippen LogP contribution in [0.3, 0.4) is 0 Å². The van der Waals surface area contributed by atoms with Crippen molar-refractivity contribution in [1.29, 1.82) is 0 Å². The van der Waals surface area contributed by atoms with Crippen LogP contribution in [0.25, 0.3) is 0 Å². The third kappa shape index (κ3) is 2.69. The van der Waals surface area contributed by atoms with Crippen molar-refractivity contribution in [2.24, 2.45) is 11.8 Å². The quantitative estimate of drug-likeness (QED) is 0.790. The summed E-state index contributed by atoms with van der Waals surface area (Å²) in [6, 6.07) is 0.00403. The van der Waals surface area contributed by atoms with E-state index < -0.39 is 0 Å². The van der Waals surface area contributed by atoms with E-state index >= 15 is 0 Å². The van der Waals surface area contributed by atoms with Gasteiger partial charge in [0.2, 0.25) is 5.91 Å². The van der Waals surface area contributed by atoms with Gasteiger partial charge in [0.05, 0.1) is 18.7 Å². The van der Waals surface area contributed by atoms with E-state index in [1.165, 1.54) is 6.42 Å². The second-order valence-electron chi connectivity index (χ2n) is 5.85. The lowest BCUT2D eigenvalue weighted by Gasteiger charge is -2.34. The number of nitrogens with zero attached hydrogens (tertiary/aromatic N) is 1. The largest absolute Gasteiger partial charge is 0.394 e. The zero-order valence-corrected chi connectivity index (χ0v) is 11.6. The van der Waals surface area contributed by atoms with Crippen LogP contribution in [0.1, 0.15) is 39.5 Å². The Hall–Kier alpha value is -0.610. The molecule has 2 fully saturated rings. The van der Waals surface area contributed by atoms with Gasteiger partial charge >= 0.3 is 0 Å². The normalized spacial score (nSPS) is 36.9. The molecule has 2 aliphatic heterocycles. The lowest BCUT2D eigenvalue weighted by atomic mass is 9.89. The minimum absolute atomic E-state index is 0.0250. The molecule has 0 bridgehead atoms. The number of hydrogen-bond acceptors (Lipinski definition) is 3. The summed E-state index contributed by atoms with van der Waals surface area (Å²) in [4.78, 5) is 14.4. The number of piperidine rings is 1. The molecule has 0 aromatic heterocycles. The van der Waals surface area contributed by atoms with Crippen molar-refractivity contribution >= 4 is 5.91 Å². The Morgan fingerprint density at radius 3 is 2.89 bits per heavy atom. The van der Waals surface area contributed by atoms with Crippen molar-refractivity contribution in [1.82, 2.24) is 10.2 Å². The van der Waals surface area contributed by atoms with Gasteiger partial charge < -0.3 is 15.3 Å². The third-order valence-corrected chi connectivity index (χ3v) is 4.74. The smallest absolute Gasteiger partial charge is 0.240 e. The number of hydrogen-bond donors (Lipinski definition) is 2. The van der Waals surface area contributed by atoms with Gasteiger partial charge in [-0.3, -0.25) is 4.79 Å². The molecule has 2 heterocycles. The molecule has 2 N–H and O–H groups in total. The molecule has 1 amide bonds. The topological polar surface area (TPSA) is 52.6 Å². The Bertz CT molecular complexity index is 296. The molecule has 4 atom stereocenters. The highest BCUT2D eigenvalue weighted by molar-refractivity contribution is 5.82. The van der Waals surface area contributed by atoms with Gasteiger partial charge in [0.1, 0.15) is 0 Å². The Kier molecular flexibility index (Phi) is 4.62. The summed E-state index contributed by atoms with van der Waals surface area (Å²) < 4.78 is 0. The Morgan fingerprint density at radius 1 is 1.44 bits per heavy atom. The molecule has 2 rings (SSSR count). The fourth-order valence-corrected chi connectivity index (χ4v) is 3.32. The molecule has 104 valence electrons. The maximum absolute atomic E-state index is 12.5. The van der Waals surface area contributed by atoms with Crippen LogP contribution < -0.4 is 5.32 Å². The summed E-state index contributed by atoms with van der Waals surface area (Å²) in [6.07, 6.45) is 4.31. The van der Waals surface area contributed by atoms with E-state index in [1.54, 1.807) is 0 Å². The Morgan fingerprint density at radius 2 is 2.22 bits per heavy atom. The standard InChI is InChI=1S/C14H26N2O2/c1-3-11-4-6-15-12(8-11)14(18)16-7-5-10(2)13(16)9-17/h10-13,15,17H,3-9H2,1-2H3. The number of rotatable bonds is 3. The molecule has 18 heavy (non-hydrogen) atoms. The van der Waals surface area contributed by atoms with E-state index in [9.17, 15) is 9.90 Å². The second kappa shape index (κ2) is 6.02. The molecule has 0 spiro atoms. The van der Waals surface area contributed by atoms with Crippen molar-refractivity contribution in [2.75, 3.05) is 19.7 Å². The summed E-state index contributed by atoms with van der Waals surface area (Å²) in [5.74, 6) is 1.30. The summed E-state index contributed by atoms with van der Waals surface area (Å²) in [6.45, 7) is 6.17. The molecule has 4 nitrogen and oxygen atoms in total. The van der Waals surface area contributed by atoms with Crippen molar-refractivity contribution in [3.63, 3.8) is 0 Å². The van der Waals surface area contributed by atoms with E-state index in [0.717, 1.165) is 32.4 Å². The third-order valence-electron chi connectivity index (χ3n) is 4.74. The molecule has 2 aliphatic rings. The fraction of sp³-hybridized carbons (Fsp3) is 0.929. The zero-order valence-electron chi connectivity index (χ0n) is 11.6. The molecule has 0 saturated carbocycles. The van der Waals surface area contributed by atoms with Crippen molar-refractivity contribution < 1.29 is 9.90 Å². The van der Waals surface area contributed by atoms with Gasteiger partial charge in [-0.15, -0.1) is 0 Å². The van der Waals surface area contributed by atoms with E-state index in [0.29, 0.717) is 11.8 Å². The minimum Gasteiger partial charge on any atom is -0.394 e. The number of amides is 1. The molecule has 0 aliphatic carbocycles. The van der Waals surface area contributed by atoms with E-state index in [-0.39, 0.29) is 24.6 Å². The highest BCUT2D eigenvalue weighted by Crippen LogP contribution is 2.27. The van der Waals surface area contributed by atoms with Crippen LogP contribution in [-0.2, 0) is 4.79 Å². The SMILES string of the molecule is CCC1CCNC(C(=O)N2CCC(C)C2CO)C1. The molecule has 4 unspecified atom stereocenters. The summed E-state index contributed by atoms with van der Waals surface area (Å²) in [5.41, 5.74) is 0. The van der Waals surface area contributed by atoms with Gasteiger partial charge in [-0.05, 0) is 37.6 Å². The van der Waals surface area contributed by atoms with Crippen LogP contribution in [0.15, 0.2) is 0 Å². The van der Waals surface area contributed by atoms with Crippen molar-refractivity contribution in [2.45, 2.75) is 51.6 Å². The number of likely N-dealkylation sites (tertiary alicyclic amines) is 1. The summed E-state index contributed by atoms with van der Waals surface area (Å²) in [7, 11) is 0. The van der Waals surface area contributed by atoms with Gasteiger partial charge in [0.15, 0.2) is 0 Å². The van der Waals surface area contributed by atoms with Crippen molar-refractivity contribution in [3.05, 3.63) is 0 Å². The molecule has 4 heteroatoms. The summed E-state index contributed by atoms with van der Waals surface area (Å²) in [5, 5.41) is 12.8. The first-order chi connectivity index (χ1) is 8.67. The first-order valence-corrected chi connectivity index (χ1v) is 7.32. The number of aliphatic hydroxyl groups excluding tert-OH is 1. The highest BCUT2D eigenvalue weighted by atomic mass is 16.3. The minimum atomic E-state index is -0.0250. The number of nitrogens with one attached hydrogen (secondary N) is 1. The van der Waals surface area contributed by atoms with Crippen LogP contribution in [0.5, 0.6) is 0 Å². The van der Waals surface area contributed by atoms with Gasteiger partial charge in [-0.1, -0.05) is 20.3 Å². The van der Waals surface area contributed by atoms with Crippen LogP contribution in [0.4, 0.5) is 0 Å². The average Bonchev–Trinajstić information content (AvgIpc) is 2.79. The van der Waals surface area contributed by atoms with Crippen LogP contribution in [0.2, 0.25) is 0 Å². The zero-order chi connectivity index (χ0) is 13.1. The maximum atomic E-state index is 12.5. The van der Waals surface area contributed by atoms with Gasteiger partial charge in [-0.25, -0.2) is 0 Å². The van der Waals surface area contributed by atoms with Crippen LogP contribution in [0, 0.1) is 11.8 Å². The molecular weight excluding hydrogens is 228 g/mol. The Balaban J connectivity index is 1.98. The predicted octanol–water partition coefficient (Wildman–Crippen LogP) is 0.994. The van der Waals surface area contributed by atoms with Crippen LogP contribution in [-0.4, -0.2) is 47.7 Å². The van der Waals surface area contributed by atoms with E-state index in [2.05, 4.69) is 19.2 Å². The van der Waals surface area contributed by atoms with Gasteiger partial charge in [0, 0.05) is 6.54 Å². The molecular formula is C14H26N2O2. The van der Waals surface area contributed by atoms with E-state index in [4.69, 9.17) is 0 Å². The number of carbonyl (C=O) groups excluding carboxylic acids is 1. The lowest BCUT2D eigenvalue weighted by Crippen LogP contribution is -2.52. The van der Waals surface area contributed by atoms with Gasteiger partial charge in [-0.2, -0.15) is 0 Å². The van der Waals surface area contributed by atoms with Crippen molar-refractivity contribution in [3.8, 4) is 0 Å². The van der Waals surface area contributed by atoms with Crippen LogP contribution >= 0.6 is 0 Å². The lowest BCUT2D eigenvalue weighted by molar-refractivity contribution is -0.136. The second-order valence-corrected chi connectivity index (χ2v) is 5.85. The summed E-state index contributed by atoms with van der Waals surface area (Å²) >= 11 is 0. The van der Waals surface area contributed by atoms with E-state index in [1.807, 2.05) is 4.90 Å². The molecule has 0 aromatic carbocycles. The highest BCUT2D eigenvalue weighted by Gasteiger charge is 2.38. The fourth-order valence-electron chi connectivity index (χ4n) is 3.32. The first-order valence-electron chi connectivity index (χ1n) is 7.32. The maximum Gasteiger partial charge on any atom is 0.240 e. The van der Waals surface area contributed by atoms with Gasteiger partial charge in [0.25, 0.3) is 0 Å².